The lowest BCUT2D eigenvalue weighted by Crippen LogP contribution is -2.52. The molecular formula is C29H31BrFN3O4S. The van der Waals surface area contributed by atoms with Gasteiger partial charge in [0, 0.05) is 17.1 Å². The van der Waals surface area contributed by atoms with Gasteiger partial charge in [-0.1, -0.05) is 71.2 Å². The van der Waals surface area contributed by atoms with E-state index < -0.39 is 34.3 Å². The molecule has 0 unspecified atom stereocenters. The first kappa shape index (κ1) is 28.8. The van der Waals surface area contributed by atoms with Crippen LogP contribution in [0, 0.1) is 5.82 Å². The SMILES string of the molecule is C[C@H](C(=O)NC1CCCC1)N(Cc1ccc(Br)cc1)C(=O)CN(c1ccccc1F)S(=O)(=O)c1ccccc1. The van der Waals surface area contributed by atoms with Crippen molar-refractivity contribution in [3.8, 4) is 0 Å². The van der Waals surface area contributed by atoms with E-state index in [4.69, 9.17) is 0 Å². The van der Waals surface area contributed by atoms with Gasteiger partial charge in [-0.15, -0.1) is 0 Å². The maximum Gasteiger partial charge on any atom is 0.264 e. The van der Waals surface area contributed by atoms with Crippen LogP contribution in [-0.2, 0) is 26.2 Å². The van der Waals surface area contributed by atoms with E-state index in [0.717, 1.165) is 46.1 Å². The van der Waals surface area contributed by atoms with Crippen LogP contribution < -0.4 is 9.62 Å². The maximum absolute atomic E-state index is 14.9. The topological polar surface area (TPSA) is 86.8 Å². The molecule has 1 atom stereocenters. The Balaban J connectivity index is 1.68. The number of nitrogens with one attached hydrogen (secondary N) is 1. The monoisotopic (exact) mass is 615 g/mol. The maximum atomic E-state index is 14.9. The molecule has 3 aromatic rings. The van der Waals surface area contributed by atoms with Crippen LogP contribution in [0.25, 0.3) is 0 Å². The number of hydrogen-bond acceptors (Lipinski definition) is 4. The van der Waals surface area contributed by atoms with Gasteiger partial charge < -0.3 is 10.2 Å². The van der Waals surface area contributed by atoms with Crippen LogP contribution in [-0.4, -0.2) is 43.8 Å². The second kappa shape index (κ2) is 12.7. The molecule has 0 bridgehead atoms. The third-order valence-corrected chi connectivity index (χ3v) is 9.17. The minimum absolute atomic E-state index is 0.0537. The van der Waals surface area contributed by atoms with Crippen molar-refractivity contribution in [1.82, 2.24) is 10.2 Å². The van der Waals surface area contributed by atoms with E-state index in [2.05, 4.69) is 21.2 Å². The zero-order chi connectivity index (χ0) is 28.0. The van der Waals surface area contributed by atoms with Crippen molar-refractivity contribution in [2.24, 2.45) is 0 Å². The van der Waals surface area contributed by atoms with Crippen molar-refractivity contribution in [2.75, 3.05) is 10.8 Å². The van der Waals surface area contributed by atoms with E-state index in [1.165, 1.54) is 35.2 Å². The molecule has 1 aliphatic rings. The third-order valence-electron chi connectivity index (χ3n) is 6.87. The van der Waals surface area contributed by atoms with E-state index >= 15 is 0 Å². The smallest absolute Gasteiger partial charge is 0.264 e. The normalized spacial score (nSPS) is 14.5. The predicted molar refractivity (Wildman–Crippen MR) is 152 cm³/mol. The van der Waals surface area contributed by atoms with Crippen LogP contribution in [0.5, 0.6) is 0 Å². The fourth-order valence-electron chi connectivity index (χ4n) is 4.65. The molecule has 0 saturated heterocycles. The summed E-state index contributed by atoms with van der Waals surface area (Å²) in [6, 6.07) is 19.5. The number of nitrogens with zero attached hydrogens (tertiary/aromatic N) is 2. The molecule has 10 heteroatoms. The number of para-hydroxylation sites is 1. The van der Waals surface area contributed by atoms with E-state index in [1.807, 2.05) is 24.3 Å². The Kier molecular flexibility index (Phi) is 9.40. The number of halogens is 2. The largest absolute Gasteiger partial charge is 0.352 e. The van der Waals surface area contributed by atoms with Crippen molar-refractivity contribution >= 4 is 43.5 Å². The highest BCUT2D eigenvalue weighted by atomic mass is 79.9. The minimum atomic E-state index is -4.31. The molecule has 0 aromatic heterocycles. The summed E-state index contributed by atoms with van der Waals surface area (Å²) in [5.74, 6) is -1.72. The number of sulfonamides is 1. The van der Waals surface area contributed by atoms with Gasteiger partial charge in [0.25, 0.3) is 10.0 Å². The van der Waals surface area contributed by atoms with Crippen molar-refractivity contribution in [3.05, 3.63) is 94.7 Å². The Bertz CT molecular complexity index is 1400. The molecule has 39 heavy (non-hydrogen) atoms. The number of hydrogen-bond donors (Lipinski definition) is 1. The Morgan fingerprint density at radius 1 is 0.974 bits per heavy atom. The fraction of sp³-hybridized carbons (Fsp3) is 0.310. The molecule has 1 aliphatic carbocycles. The number of amides is 2. The summed E-state index contributed by atoms with van der Waals surface area (Å²) in [5.41, 5.74) is 0.511. The first-order chi connectivity index (χ1) is 18.7. The van der Waals surface area contributed by atoms with Crippen LogP contribution in [0.1, 0.15) is 38.2 Å². The number of benzene rings is 3. The van der Waals surface area contributed by atoms with Crippen LogP contribution in [0.15, 0.2) is 88.2 Å². The Labute approximate surface area is 237 Å². The average Bonchev–Trinajstić information content (AvgIpc) is 3.45. The summed E-state index contributed by atoms with van der Waals surface area (Å²) in [5, 5.41) is 3.03. The molecule has 0 spiro atoms. The van der Waals surface area contributed by atoms with Crippen molar-refractivity contribution in [3.63, 3.8) is 0 Å². The fourth-order valence-corrected chi connectivity index (χ4v) is 6.36. The quantitative estimate of drug-likeness (QED) is 0.337. The molecule has 1 fully saturated rings. The standard InChI is InChI=1S/C29H31BrFN3O4S/c1-21(29(36)32-24-9-5-6-10-24)33(19-22-15-17-23(30)18-16-22)28(35)20-34(27-14-8-7-13-26(27)31)39(37,38)25-11-3-2-4-12-25/h2-4,7-8,11-18,21,24H,5-6,9-10,19-20H2,1H3,(H,32,36)/t21-/m1/s1. The van der Waals surface area contributed by atoms with Gasteiger partial charge in [0.2, 0.25) is 11.8 Å². The summed E-state index contributed by atoms with van der Waals surface area (Å²) in [4.78, 5) is 28.4. The predicted octanol–water partition coefficient (Wildman–Crippen LogP) is 5.26. The lowest BCUT2D eigenvalue weighted by Gasteiger charge is -2.32. The molecule has 206 valence electrons. The van der Waals surface area contributed by atoms with Crippen molar-refractivity contribution < 1.29 is 22.4 Å². The Morgan fingerprint density at radius 2 is 1.59 bits per heavy atom. The van der Waals surface area contributed by atoms with Gasteiger partial charge >= 0.3 is 0 Å². The van der Waals surface area contributed by atoms with E-state index in [9.17, 15) is 22.4 Å². The summed E-state index contributed by atoms with van der Waals surface area (Å²) in [6.07, 6.45) is 3.84. The second-order valence-corrected chi connectivity index (χ2v) is 12.4. The van der Waals surface area contributed by atoms with Crippen molar-refractivity contribution in [1.29, 1.82) is 0 Å². The zero-order valence-electron chi connectivity index (χ0n) is 21.6. The van der Waals surface area contributed by atoms with Gasteiger partial charge in [0.15, 0.2) is 0 Å². The highest BCUT2D eigenvalue weighted by molar-refractivity contribution is 9.10. The molecule has 1 N–H and O–H groups in total. The van der Waals surface area contributed by atoms with Gasteiger partial charge in [-0.25, -0.2) is 12.8 Å². The van der Waals surface area contributed by atoms with Gasteiger partial charge in [-0.3, -0.25) is 13.9 Å². The lowest BCUT2D eigenvalue weighted by molar-refractivity contribution is -0.139. The molecule has 2 amide bonds. The molecule has 0 radical (unpaired) electrons. The highest BCUT2D eigenvalue weighted by Gasteiger charge is 2.34. The molecule has 0 heterocycles. The van der Waals surface area contributed by atoms with E-state index in [-0.39, 0.29) is 29.1 Å². The number of rotatable bonds is 10. The molecule has 0 aliphatic heterocycles. The summed E-state index contributed by atoms with van der Waals surface area (Å²) >= 11 is 3.40. The summed E-state index contributed by atoms with van der Waals surface area (Å²) in [7, 11) is -4.31. The highest BCUT2D eigenvalue weighted by Crippen LogP contribution is 2.27. The van der Waals surface area contributed by atoms with Gasteiger partial charge in [-0.2, -0.15) is 0 Å². The van der Waals surface area contributed by atoms with Crippen LogP contribution in [0.2, 0.25) is 0 Å². The number of carbonyl (C=O) groups excluding carboxylic acids is 2. The Morgan fingerprint density at radius 3 is 2.23 bits per heavy atom. The summed E-state index contributed by atoms with van der Waals surface area (Å²) in [6.45, 7) is 1.01. The van der Waals surface area contributed by atoms with Gasteiger partial charge in [-0.05, 0) is 61.7 Å². The number of anilines is 1. The third kappa shape index (κ3) is 7.05. The van der Waals surface area contributed by atoms with Crippen molar-refractivity contribution in [2.45, 2.75) is 56.1 Å². The molecular weight excluding hydrogens is 585 g/mol. The molecule has 1 saturated carbocycles. The first-order valence-electron chi connectivity index (χ1n) is 12.8. The second-order valence-electron chi connectivity index (χ2n) is 9.59. The first-order valence-corrected chi connectivity index (χ1v) is 15.1. The van der Waals surface area contributed by atoms with Gasteiger partial charge in [0.05, 0.1) is 10.6 Å². The van der Waals surface area contributed by atoms with Gasteiger partial charge in [0.1, 0.15) is 18.4 Å². The van der Waals surface area contributed by atoms with Crippen LogP contribution >= 0.6 is 15.9 Å². The minimum Gasteiger partial charge on any atom is -0.352 e. The van der Waals surface area contributed by atoms with Crippen LogP contribution in [0.3, 0.4) is 0 Å². The van der Waals surface area contributed by atoms with E-state index in [1.54, 1.807) is 25.1 Å². The van der Waals surface area contributed by atoms with E-state index in [0.29, 0.717) is 0 Å². The Hall–Kier alpha value is -3.24. The zero-order valence-corrected chi connectivity index (χ0v) is 24.0. The number of carbonyl (C=O) groups is 2. The molecule has 4 rings (SSSR count). The summed E-state index contributed by atoms with van der Waals surface area (Å²) < 4.78 is 43.9. The molecule has 3 aromatic carbocycles. The lowest BCUT2D eigenvalue weighted by atomic mass is 10.1. The van der Waals surface area contributed by atoms with Crippen LogP contribution in [0.4, 0.5) is 10.1 Å². The molecule has 7 nitrogen and oxygen atoms in total. The average molecular weight is 617 g/mol.